The number of aryl methyl sites for hydroxylation is 1. The Morgan fingerprint density at radius 1 is 1.09 bits per heavy atom. The molecule has 3 rings (SSSR count). The minimum absolute atomic E-state index is 0.0514. The van der Waals surface area contributed by atoms with Crippen molar-refractivity contribution in [2.45, 2.75) is 5.92 Å². The fourth-order valence-corrected chi connectivity index (χ4v) is 2.69. The quantitative estimate of drug-likeness (QED) is 0.777. The molecule has 2 aromatic carbocycles. The Morgan fingerprint density at radius 3 is 2.41 bits per heavy atom. The fourth-order valence-electron chi connectivity index (χ4n) is 2.69. The van der Waals surface area contributed by atoms with Crippen molar-refractivity contribution in [2.75, 3.05) is 6.54 Å². The second-order valence-electron chi connectivity index (χ2n) is 5.32. The molecule has 0 bridgehead atoms. The zero-order chi connectivity index (χ0) is 15.5. The van der Waals surface area contributed by atoms with Crippen LogP contribution in [-0.2, 0) is 7.05 Å². The largest absolute Gasteiger partial charge is 0.508 e. The van der Waals surface area contributed by atoms with E-state index < -0.39 is 0 Å². The van der Waals surface area contributed by atoms with Gasteiger partial charge in [-0.25, -0.2) is 0 Å². The molecule has 0 amide bonds. The molecule has 0 saturated carbocycles. The van der Waals surface area contributed by atoms with Crippen LogP contribution in [0.5, 0.6) is 5.75 Å². The van der Waals surface area contributed by atoms with Crippen LogP contribution in [0.15, 0.2) is 60.7 Å². The number of aromatic nitrogens is 2. The Morgan fingerprint density at radius 2 is 1.77 bits per heavy atom. The van der Waals surface area contributed by atoms with Gasteiger partial charge in [0.25, 0.3) is 0 Å². The van der Waals surface area contributed by atoms with Gasteiger partial charge < -0.3 is 10.8 Å². The van der Waals surface area contributed by atoms with Gasteiger partial charge in [0.15, 0.2) is 0 Å². The maximum absolute atomic E-state index is 9.44. The van der Waals surface area contributed by atoms with Gasteiger partial charge in [-0.2, -0.15) is 5.10 Å². The van der Waals surface area contributed by atoms with E-state index in [1.807, 2.05) is 54.2 Å². The summed E-state index contributed by atoms with van der Waals surface area (Å²) in [7, 11) is 1.94. The lowest BCUT2D eigenvalue weighted by Crippen LogP contribution is -2.16. The molecule has 3 aromatic rings. The van der Waals surface area contributed by atoms with Crippen LogP contribution in [0.1, 0.15) is 17.2 Å². The van der Waals surface area contributed by atoms with Crippen molar-refractivity contribution in [1.29, 1.82) is 0 Å². The van der Waals surface area contributed by atoms with Gasteiger partial charge in [0.2, 0.25) is 0 Å². The number of phenolic OH excluding ortho intramolecular Hbond substituents is 1. The van der Waals surface area contributed by atoms with Gasteiger partial charge in [-0.1, -0.05) is 42.5 Å². The van der Waals surface area contributed by atoms with Gasteiger partial charge in [-0.15, -0.1) is 0 Å². The minimum atomic E-state index is 0.0514. The van der Waals surface area contributed by atoms with Gasteiger partial charge in [-0.3, -0.25) is 4.68 Å². The Kier molecular flexibility index (Phi) is 3.94. The average Bonchev–Trinajstić information content (AvgIpc) is 2.93. The van der Waals surface area contributed by atoms with Crippen LogP contribution < -0.4 is 5.73 Å². The molecule has 3 N–H and O–H groups in total. The van der Waals surface area contributed by atoms with Crippen molar-refractivity contribution in [3.8, 4) is 17.0 Å². The zero-order valence-electron chi connectivity index (χ0n) is 12.5. The van der Waals surface area contributed by atoms with E-state index in [1.54, 1.807) is 12.1 Å². The molecule has 0 spiro atoms. The summed E-state index contributed by atoms with van der Waals surface area (Å²) in [5, 5.41) is 14.0. The molecular formula is C18H19N3O. The fraction of sp³-hybridized carbons (Fsp3) is 0.167. The van der Waals surface area contributed by atoms with Gasteiger partial charge in [0, 0.05) is 30.8 Å². The average molecular weight is 293 g/mol. The zero-order valence-corrected chi connectivity index (χ0v) is 12.5. The lowest BCUT2D eigenvalue weighted by Gasteiger charge is -2.15. The molecule has 1 unspecified atom stereocenters. The highest BCUT2D eigenvalue weighted by Gasteiger charge is 2.18. The third-order valence-corrected chi connectivity index (χ3v) is 3.87. The molecule has 22 heavy (non-hydrogen) atoms. The minimum Gasteiger partial charge on any atom is -0.508 e. The van der Waals surface area contributed by atoms with E-state index in [0.717, 1.165) is 22.5 Å². The van der Waals surface area contributed by atoms with E-state index in [1.165, 1.54) is 0 Å². The third kappa shape index (κ3) is 2.73. The van der Waals surface area contributed by atoms with E-state index >= 15 is 0 Å². The smallest absolute Gasteiger partial charge is 0.115 e. The topological polar surface area (TPSA) is 64.1 Å². The predicted octanol–water partition coefficient (Wildman–Crippen LogP) is 2.88. The highest BCUT2D eigenvalue weighted by atomic mass is 16.3. The van der Waals surface area contributed by atoms with Crippen LogP contribution in [-0.4, -0.2) is 21.4 Å². The first-order valence-corrected chi connectivity index (χ1v) is 7.27. The second-order valence-corrected chi connectivity index (χ2v) is 5.32. The second kappa shape index (κ2) is 6.03. The number of aromatic hydroxyl groups is 1. The van der Waals surface area contributed by atoms with Crippen molar-refractivity contribution >= 4 is 0 Å². The number of rotatable bonds is 4. The molecule has 4 heteroatoms. The van der Waals surface area contributed by atoms with Gasteiger partial charge in [0.05, 0.1) is 5.69 Å². The first kappa shape index (κ1) is 14.4. The van der Waals surface area contributed by atoms with Crippen LogP contribution in [0.4, 0.5) is 0 Å². The molecular weight excluding hydrogens is 274 g/mol. The lowest BCUT2D eigenvalue weighted by molar-refractivity contribution is 0.475. The summed E-state index contributed by atoms with van der Waals surface area (Å²) in [6.07, 6.45) is 0. The third-order valence-electron chi connectivity index (χ3n) is 3.87. The molecule has 0 fully saturated rings. The SMILES string of the molecule is Cn1nc(-c2ccccc2)cc1C(CN)c1ccc(O)cc1. The molecule has 1 heterocycles. The number of nitrogens with two attached hydrogens (primary N) is 1. The molecule has 112 valence electrons. The predicted molar refractivity (Wildman–Crippen MR) is 87.6 cm³/mol. The first-order valence-electron chi connectivity index (χ1n) is 7.27. The van der Waals surface area contributed by atoms with Crippen LogP contribution >= 0.6 is 0 Å². The van der Waals surface area contributed by atoms with E-state index in [0.29, 0.717) is 6.54 Å². The van der Waals surface area contributed by atoms with Crippen molar-refractivity contribution in [3.05, 3.63) is 71.9 Å². The maximum atomic E-state index is 9.44. The van der Waals surface area contributed by atoms with Crippen LogP contribution in [0.2, 0.25) is 0 Å². The summed E-state index contributed by atoms with van der Waals surface area (Å²) >= 11 is 0. The van der Waals surface area contributed by atoms with E-state index in [9.17, 15) is 5.11 Å². The van der Waals surface area contributed by atoms with Gasteiger partial charge in [0.1, 0.15) is 5.75 Å². The first-order chi connectivity index (χ1) is 10.7. The standard InChI is InChI=1S/C18H19N3O/c1-21-18(11-17(20-21)14-5-3-2-4-6-14)16(12-19)13-7-9-15(22)10-8-13/h2-11,16,22H,12,19H2,1H3. The van der Waals surface area contributed by atoms with Crippen LogP contribution in [0.3, 0.4) is 0 Å². The van der Waals surface area contributed by atoms with Crippen LogP contribution in [0, 0.1) is 0 Å². The summed E-state index contributed by atoms with van der Waals surface area (Å²) in [5.74, 6) is 0.310. The monoisotopic (exact) mass is 293 g/mol. The van der Waals surface area contributed by atoms with Crippen molar-refractivity contribution in [2.24, 2.45) is 12.8 Å². The summed E-state index contributed by atoms with van der Waals surface area (Å²) in [4.78, 5) is 0. The Hall–Kier alpha value is -2.59. The summed E-state index contributed by atoms with van der Waals surface area (Å²) < 4.78 is 1.88. The van der Waals surface area contributed by atoms with Gasteiger partial charge >= 0.3 is 0 Å². The van der Waals surface area contributed by atoms with E-state index in [-0.39, 0.29) is 11.7 Å². The van der Waals surface area contributed by atoms with E-state index in [4.69, 9.17) is 5.73 Å². The molecule has 1 aromatic heterocycles. The van der Waals surface area contributed by atoms with Crippen molar-refractivity contribution in [1.82, 2.24) is 9.78 Å². The Bertz CT molecular complexity index is 748. The number of nitrogens with zero attached hydrogens (tertiary/aromatic N) is 2. The lowest BCUT2D eigenvalue weighted by atomic mass is 9.95. The summed E-state index contributed by atoms with van der Waals surface area (Å²) in [5.41, 5.74) is 10.2. The number of hydrogen-bond acceptors (Lipinski definition) is 3. The van der Waals surface area contributed by atoms with Crippen molar-refractivity contribution in [3.63, 3.8) is 0 Å². The number of hydrogen-bond donors (Lipinski definition) is 2. The van der Waals surface area contributed by atoms with E-state index in [2.05, 4.69) is 11.2 Å². The molecule has 1 atom stereocenters. The molecule has 0 radical (unpaired) electrons. The molecule has 0 aliphatic carbocycles. The molecule has 0 aliphatic heterocycles. The van der Waals surface area contributed by atoms with Gasteiger partial charge in [-0.05, 0) is 23.8 Å². The number of benzene rings is 2. The molecule has 0 aliphatic rings. The van der Waals surface area contributed by atoms with Crippen molar-refractivity contribution < 1.29 is 5.11 Å². The summed E-state index contributed by atoms with van der Waals surface area (Å²) in [6.45, 7) is 0.485. The normalized spacial score (nSPS) is 12.3. The Labute approximate surface area is 129 Å². The Balaban J connectivity index is 1.99. The maximum Gasteiger partial charge on any atom is 0.115 e. The molecule has 4 nitrogen and oxygen atoms in total. The number of phenols is 1. The summed E-state index contributed by atoms with van der Waals surface area (Å²) in [6, 6.07) is 19.4. The van der Waals surface area contributed by atoms with Crippen LogP contribution in [0.25, 0.3) is 11.3 Å². The molecule has 0 saturated heterocycles. The highest BCUT2D eigenvalue weighted by molar-refractivity contribution is 5.59. The highest BCUT2D eigenvalue weighted by Crippen LogP contribution is 2.28.